The van der Waals surface area contributed by atoms with Crippen molar-refractivity contribution < 1.29 is 0 Å². The lowest BCUT2D eigenvalue weighted by Gasteiger charge is -2.13. The topological polar surface area (TPSA) is 81.1 Å². The van der Waals surface area contributed by atoms with E-state index in [1.54, 1.807) is 0 Å². The van der Waals surface area contributed by atoms with Crippen molar-refractivity contribution in [2.75, 3.05) is 6.54 Å². The molecule has 0 atom stereocenters. The molecule has 120 valence electrons. The Bertz CT molecular complexity index is 443. The Morgan fingerprint density at radius 3 is 2.95 bits per heavy atom. The van der Waals surface area contributed by atoms with Crippen molar-refractivity contribution in [2.45, 2.75) is 65.0 Å². The van der Waals surface area contributed by atoms with Gasteiger partial charge >= 0.3 is 0 Å². The molecule has 7 heteroatoms. The van der Waals surface area contributed by atoms with Crippen LogP contribution in [0.3, 0.4) is 0 Å². The fourth-order valence-electron chi connectivity index (χ4n) is 2.47. The average Bonchev–Trinajstić information content (AvgIpc) is 2.88. The Kier molecular flexibility index (Phi) is 8.63. The first kappa shape index (κ1) is 18.2. The van der Waals surface area contributed by atoms with Gasteiger partial charge in [0.1, 0.15) is 12.4 Å². The zero-order valence-electron chi connectivity index (χ0n) is 12.8. The zero-order chi connectivity index (χ0) is 14.2. The van der Waals surface area contributed by atoms with Gasteiger partial charge in [-0.1, -0.05) is 26.2 Å². The molecule has 0 saturated carbocycles. The lowest BCUT2D eigenvalue weighted by atomic mass is 10.2. The van der Waals surface area contributed by atoms with Gasteiger partial charge in [0.25, 0.3) is 0 Å². The number of fused-ring (bicyclic) bond motifs is 1. The molecule has 0 bridgehead atoms. The SMILES string of the molecule is CCCCCCNC(N)=NCc1nnc2n1CCCC2.I. The molecule has 3 N–H and O–H groups in total. The number of unbranched alkanes of at least 4 members (excludes halogenated alkanes) is 3. The van der Waals surface area contributed by atoms with Gasteiger partial charge in [-0.25, -0.2) is 4.99 Å². The van der Waals surface area contributed by atoms with Crippen molar-refractivity contribution in [3.8, 4) is 0 Å². The number of aromatic nitrogens is 3. The largest absolute Gasteiger partial charge is 0.370 e. The van der Waals surface area contributed by atoms with Crippen LogP contribution in [0.5, 0.6) is 0 Å². The number of aliphatic imine (C=N–C) groups is 1. The van der Waals surface area contributed by atoms with E-state index < -0.39 is 0 Å². The number of nitrogens with one attached hydrogen (secondary N) is 1. The number of halogens is 1. The van der Waals surface area contributed by atoms with Crippen LogP contribution < -0.4 is 11.1 Å². The van der Waals surface area contributed by atoms with E-state index in [1.807, 2.05) is 0 Å². The quantitative estimate of drug-likeness (QED) is 0.315. The van der Waals surface area contributed by atoms with Crippen LogP contribution in [0.25, 0.3) is 0 Å². The number of hydrogen-bond donors (Lipinski definition) is 2. The molecule has 0 unspecified atom stereocenters. The molecule has 1 aliphatic rings. The van der Waals surface area contributed by atoms with Gasteiger partial charge in [0.15, 0.2) is 11.8 Å². The second-order valence-corrected chi connectivity index (χ2v) is 5.33. The summed E-state index contributed by atoms with van der Waals surface area (Å²) < 4.78 is 2.18. The number of rotatable bonds is 7. The molecular weight excluding hydrogens is 379 g/mol. The van der Waals surface area contributed by atoms with Crippen LogP contribution in [0, 0.1) is 0 Å². The Labute approximate surface area is 144 Å². The van der Waals surface area contributed by atoms with Crippen LogP contribution in [-0.2, 0) is 19.5 Å². The molecule has 1 aromatic rings. The first-order chi connectivity index (χ1) is 9.81. The smallest absolute Gasteiger partial charge is 0.189 e. The molecule has 0 spiro atoms. The fraction of sp³-hybridized carbons (Fsp3) is 0.786. The summed E-state index contributed by atoms with van der Waals surface area (Å²) >= 11 is 0. The van der Waals surface area contributed by atoms with Crippen molar-refractivity contribution in [1.82, 2.24) is 20.1 Å². The van der Waals surface area contributed by atoms with E-state index in [1.165, 1.54) is 32.1 Å². The van der Waals surface area contributed by atoms with Gasteiger partial charge in [-0.15, -0.1) is 34.2 Å². The fourth-order valence-corrected chi connectivity index (χ4v) is 2.47. The van der Waals surface area contributed by atoms with Gasteiger partial charge < -0.3 is 15.6 Å². The third kappa shape index (κ3) is 5.80. The highest BCUT2D eigenvalue weighted by Gasteiger charge is 2.14. The molecule has 2 rings (SSSR count). The summed E-state index contributed by atoms with van der Waals surface area (Å²) in [5.74, 6) is 2.53. The molecule has 6 nitrogen and oxygen atoms in total. The summed E-state index contributed by atoms with van der Waals surface area (Å²) in [5, 5.41) is 11.6. The monoisotopic (exact) mass is 406 g/mol. The lowest BCUT2D eigenvalue weighted by molar-refractivity contribution is 0.508. The van der Waals surface area contributed by atoms with Crippen molar-refractivity contribution in [3.05, 3.63) is 11.6 Å². The van der Waals surface area contributed by atoms with Gasteiger partial charge in [0.2, 0.25) is 0 Å². The van der Waals surface area contributed by atoms with Crippen molar-refractivity contribution in [2.24, 2.45) is 10.7 Å². The standard InChI is InChI=1S/C14H26N6.HI/c1-2-3-4-6-9-16-14(15)17-11-13-19-18-12-8-5-7-10-20(12)13;/h2-11H2,1H3,(H3,15,16,17);1H. The lowest BCUT2D eigenvalue weighted by Crippen LogP contribution is -2.32. The van der Waals surface area contributed by atoms with Crippen LogP contribution in [0.1, 0.15) is 57.1 Å². The second kappa shape index (κ2) is 9.97. The number of nitrogens with two attached hydrogens (primary N) is 1. The zero-order valence-corrected chi connectivity index (χ0v) is 15.2. The molecule has 1 aliphatic heterocycles. The summed E-state index contributed by atoms with van der Waals surface area (Å²) in [6, 6.07) is 0. The predicted octanol–water partition coefficient (Wildman–Crippen LogP) is 2.22. The highest BCUT2D eigenvalue weighted by molar-refractivity contribution is 14.0. The molecule has 21 heavy (non-hydrogen) atoms. The average molecular weight is 406 g/mol. The molecule has 0 aromatic carbocycles. The summed E-state index contributed by atoms with van der Waals surface area (Å²) in [4.78, 5) is 4.35. The van der Waals surface area contributed by atoms with E-state index in [0.717, 1.165) is 37.6 Å². The van der Waals surface area contributed by atoms with Gasteiger partial charge in [-0.05, 0) is 19.3 Å². The van der Waals surface area contributed by atoms with E-state index in [-0.39, 0.29) is 24.0 Å². The Morgan fingerprint density at radius 2 is 2.14 bits per heavy atom. The maximum atomic E-state index is 5.86. The van der Waals surface area contributed by atoms with E-state index in [9.17, 15) is 0 Å². The Morgan fingerprint density at radius 1 is 1.29 bits per heavy atom. The normalized spacial score (nSPS) is 14.4. The first-order valence-electron chi connectivity index (χ1n) is 7.76. The number of guanidine groups is 1. The molecule has 0 radical (unpaired) electrons. The highest BCUT2D eigenvalue weighted by atomic mass is 127. The van der Waals surface area contributed by atoms with Crippen LogP contribution in [0.2, 0.25) is 0 Å². The molecule has 0 saturated heterocycles. The molecule has 0 amide bonds. The van der Waals surface area contributed by atoms with E-state index in [0.29, 0.717) is 12.5 Å². The summed E-state index contributed by atoms with van der Waals surface area (Å²) in [5.41, 5.74) is 5.86. The van der Waals surface area contributed by atoms with E-state index >= 15 is 0 Å². The van der Waals surface area contributed by atoms with Crippen molar-refractivity contribution in [3.63, 3.8) is 0 Å². The van der Waals surface area contributed by atoms with Crippen LogP contribution >= 0.6 is 24.0 Å². The molecule has 1 aromatic heterocycles. The van der Waals surface area contributed by atoms with Crippen LogP contribution in [0.15, 0.2) is 4.99 Å². The minimum absolute atomic E-state index is 0. The van der Waals surface area contributed by atoms with Gasteiger partial charge in [0.05, 0.1) is 0 Å². The minimum atomic E-state index is 0. The van der Waals surface area contributed by atoms with Crippen LogP contribution in [-0.4, -0.2) is 27.3 Å². The predicted molar refractivity (Wildman–Crippen MR) is 95.8 cm³/mol. The summed E-state index contributed by atoms with van der Waals surface area (Å²) in [6.07, 6.45) is 8.36. The molecule has 0 aliphatic carbocycles. The highest BCUT2D eigenvalue weighted by Crippen LogP contribution is 2.14. The molecule has 2 heterocycles. The number of aryl methyl sites for hydroxylation is 1. The second-order valence-electron chi connectivity index (χ2n) is 5.33. The maximum absolute atomic E-state index is 5.86. The Hall–Kier alpha value is -0.860. The Balaban J connectivity index is 0.00000220. The van der Waals surface area contributed by atoms with Gasteiger partial charge in [-0.3, -0.25) is 0 Å². The minimum Gasteiger partial charge on any atom is -0.370 e. The first-order valence-corrected chi connectivity index (χ1v) is 7.76. The number of hydrogen-bond acceptors (Lipinski definition) is 3. The van der Waals surface area contributed by atoms with E-state index in [2.05, 4.69) is 32.0 Å². The van der Waals surface area contributed by atoms with Crippen molar-refractivity contribution in [1.29, 1.82) is 0 Å². The van der Waals surface area contributed by atoms with Crippen molar-refractivity contribution >= 4 is 29.9 Å². The van der Waals surface area contributed by atoms with Crippen LogP contribution in [0.4, 0.5) is 0 Å². The van der Waals surface area contributed by atoms with Gasteiger partial charge in [0, 0.05) is 19.5 Å². The summed E-state index contributed by atoms with van der Waals surface area (Å²) in [7, 11) is 0. The van der Waals surface area contributed by atoms with Gasteiger partial charge in [-0.2, -0.15) is 0 Å². The third-order valence-electron chi connectivity index (χ3n) is 3.66. The number of nitrogens with zero attached hydrogens (tertiary/aromatic N) is 4. The molecule has 0 fully saturated rings. The maximum Gasteiger partial charge on any atom is 0.189 e. The van der Waals surface area contributed by atoms with E-state index in [4.69, 9.17) is 5.73 Å². The molecular formula is C14H27IN6. The third-order valence-corrected chi connectivity index (χ3v) is 3.66. The summed E-state index contributed by atoms with van der Waals surface area (Å²) in [6.45, 7) is 4.63.